The maximum absolute atomic E-state index is 12.1. The highest BCUT2D eigenvalue weighted by Gasteiger charge is 2.22. The van der Waals surface area contributed by atoms with E-state index in [0.29, 0.717) is 12.1 Å². The summed E-state index contributed by atoms with van der Waals surface area (Å²) in [6, 6.07) is 7.21. The van der Waals surface area contributed by atoms with Crippen LogP contribution in [0.2, 0.25) is 0 Å². The Bertz CT molecular complexity index is 647. The molecule has 6 nitrogen and oxygen atoms in total. The number of nitrogens with two attached hydrogens (primary N) is 1. The Hall–Kier alpha value is -2.37. The minimum atomic E-state index is -0.134. The molecule has 2 aromatic rings. The van der Waals surface area contributed by atoms with Crippen LogP contribution in [0.25, 0.3) is 0 Å². The molecule has 1 atom stereocenters. The van der Waals surface area contributed by atoms with Gasteiger partial charge in [-0.3, -0.25) is 4.79 Å². The SMILES string of the molecule is CC(NC(=O)Cc1ccc(N)cc1)c1nnc2n1CCC2. The molecular weight excluding hydrogens is 266 g/mol. The van der Waals surface area contributed by atoms with E-state index < -0.39 is 0 Å². The minimum Gasteiger partial charge on any atom is -0.399 e. The van der Waals surface area contributed by atoms with Gasteiger partial charge in [-0.25, -0.2) is 0 Å². The molecule has 0 radical (unpaired) electrons. The lowest BCUT2D eigenvalue weighted by Gasteiger charge is -2.14. The molecular formula is C15H19N5O. The first-order chi connectivity index (χ1) is 10.1. The van der Waals surface area contributed by atoms with Gasteiger partial charge in [-0.2, -0.15) is 0 Å². The molecule has 0 saturated carbocycles. The molecule has 1 amide bonds. The number of benzene rings is 1. The molecule has 6 heteroatoms. The second-order valence-electron chi connectivity index (χ2n) is 5.44. The van der Waals surface area contributed by atoms with Crippen LogP contribution in [0.3, 0.4) is 0 Å². The monoisotopic (exact) mass is 285 g/mol. The van der Waals surface area contributed by atoms with Gasteiger partial charge >= 0.3 is 0 Å². The Morgan fingerprint density at radius 1 is 1.38 bits per heavy atom. The second kappa shape index (κ2) is 5.55. The third kappa shape index (κ3) is 2.89. The number of rotatable bonds is 4. The zero-order valence-electron chi connectivity index (χ0n) is 12.0. The fourth-order valence-corrected chi connectivity index (χ4v) is 2.67. The van der Waals surface area contributed by atoms with Crippen molar-refractivity contribution in [2.45, 2.75) is 38.8 Å². The van der Waals surface area contributed by atoms with Crippen LogP contribution in [-0.2, 0) is 24.2 Å². The number of aromatic nitrogens is 3. The Morgan fingerprint density at radius 3 is 2.90 bits per heavy atom. The number of nitrogen functional groups attached to an aromatic ring is 1. The van der Waals surface area contributed by atoms with Crippen molar-refractivity contribution in [1.29, 1.82) is 0 Å². The van der Waals surface area contributed by atoms with Crippen LogP contribution < -0.4 is 11.1 Å². The molecule has 0 saturated heterocycles. The van der Waals surface area contributed by atoms with Crippen LogP contribution in [0.4, 0.5) is 5.69 Å². The van der Waals surface area contributed by atoms with E-state index in [9.17, 15) is 4.79 Å². The van der Waals surface area contributed by atoms with Crippen molar-refractivity contribution < 1.29 is 4.79 Å². The molecule has 3 rings (SSSR count). The molecule has 0 spiro atoms. The van der Waals surface area contributed by atoms with Gasteiger partial charge in [0.1, 0.15) is 5.82 Å². The normalized spacial score (nSPS) is 14.7. The van der Waals surface area contributed by atoms with Gasteiger partial charge in [0.15, 0.2) is 5.82 Å². The summed E-state index contributed by atoms with van der Waals surface area (Å²) < 4.78 is 2.11. The highest BCUT2D eigenvalue weighted by Crippen LogP contribution is 2.19. The first-order valence-electron chi connectivity index (χ1n) is 7.19. The molecule has 1 unspecified atom stereocenters. The molecule has 110 valence electrons. The average Bonchev–Trinajstić information content (AvgIpc) is 3.03. The molecule has 0 fully saturated rings. The summed E-state index contributed by atoms with van der Waals surface area (Å²) >= 11 is 0. The van der Waals surface area contributed by atoms with Crippen molar-refractivity contribution in [3.8, 4) is 0 Å². The number of nitrogens with zero attached hydrogens (tertiary/aromatic N) is 3. The predicted molar refractivity (Wildman–Crippen MR) is 79.5 cm³/mol. The quantitative estimate of drug-likeness (QED) is 0.827. The van der Waals surface area contributed by atoms with E-state index in [1.807, 2.05) is 19.1 Å². The summed E-state index contributed by atoms with van der Waals surface area (Å²) in [5, 5.41) is 11.3. The van der Waals surface area contributed by atoms with E-state index in [-0.39, 0.29) is 11.9 Å². The number of hydrogen-bond acceptors (Lipinski definition) is 4. The minimum absolute atomic E-state index is 0.0254. The summed E-state index contributed by atoms with van der Waals surface area (Å²) in [4.78, 5) is 12.1. The smallest absolute Gasteiger partial charge is 0.224 e. The molecule has 1 aromatic carbocycles. The number of carbonyl (C=O) groups is 1. The molecule has 1 aromatic heterocycles. The molecule has 21 heavy (non-hydrogen) atoms. The van der Waals surface area contributed by atoms with Gasteiger partial charge in [0.05, 0.1) is 12.5 Å². The summed E-state index contributed by atoms with van der Waals surface area (Å²) in [6.45, 7) is 2.88. The number of fused-ring (bicyclic) bond motifs is 1. The average molecular weight is 285 g/mol. The molecule has 3 N–H and O–H groups in total. The zero-order valence-corrected chi connectivity index (χ0v) is 12.0. The number of amides is 1. The zero-order chi connectivity index (χ0) is 14.8. The standard InChI is InChI=1S/C15H19N5O/c1-10(15-19-18-13-3-2-8-20(13)15)17-14(21)9-11-4-6-12(16)7-5-11/h4-7,10H,2-3,8-9,16H2,1H3,(H,17,21). The topological polar surface area (TPSA) is 85.8 Å². The number of hydrogen-bond donors (Lipinski definition) is 2. The number of anilines is 1. The molecule has 1 aliphatic heterocycles. The van der Waals surface area contributed by atoms with Gasteiger partial charge in [0, 0.05) is 18.7 Å². The van der Waals surface area contributed by atoms with E-state index in [2.05, 4.69) is 20.1 Å². The van der Waals surface area contributed by atoms with E-state index in [1.165, 1.54) is 0 Å². The van der Waals surface area contributed by atoms with Gasteiger partial charge in [-0.15, -0.1) is 10.2 Å². The van der Waals surface area contributed by atoms with E-state index in [4.69, 9.17) is 5.73 Å². The van der Waals surface area contributed by atoms with Crippen molar-refractivity contribution in [2.75, 3.05) is 5.73 Å². The number of carbonyl (C=O) groups excluding carboxylic acids is 1. The number of aryl methyl sites for hydroxylation is 1. The van der Waals surface area contributed by atoms with Crippen LogP contribution in [-0.4, -0.2) is 20.7 Å². The van der Waals surface area contributed by atoms with Gasteiger partial charge < -0.3 is 15.6 Å². The third-order valence-corrected chi connectivity index (χ3v) is 3.75. The van der Waals surface area contributed by atoms with Gasteiger partial charge in [-0.05, 0) is 31.0 Å². The van der Waals surface area contributed by atoms with Gasteiger partial charge in [0.2, 0.25) is 5.91 Å². The van der Waals surface area contributed by atoms with Crippen LogP contribution in [0.15, 0.2) is 24.3 Å². The van der Waals surface area contributed by atoms with Crippen molar-refractivity contribution in [3.63, 3.8) is 0 Å². The maximum Gasteiger partial charge on any atom is 0.224 e. The summed E-state index contributed by atoms with van der Waals surface area (Å²) in [5.74, 6) is 1.83. The number of nitrogens with one attached hydrogen (secondary N) is 1. The Labute approximate surface area is 123 Å². The first kappa shape index (κ1) is 13.6. The Kier molecular flexibility index (Phi) is 3.60. The maximum atomic E-state index is 12.1. The summed E-state index contributed by atoms with van der Waals surface area (Å²) in [5.41, 5.74) is 7.28. The van der Waals surface area contributed by atoms with Gasteiger partial charge in [0.25, 0.3) is 0 Å². The lowest BCUT2D eigenvalue weighted by Crippen LogP contribution is -2.29. The largest absolute Gasteiger partial charge is 0.399 e. The summed E-state index contributed by atoms with van der Waals surface area (Å²) in [6.07, 6.45) is 2.41. The molecule has 0 bridgehead atoms. The van der Waals surface area contributed by atoms with Crippen LogP contribution in [0.5, 0.6) is 0 Å². The fraction of sp³-hybridized carbons (Fsp3) is 0.400. The molecule has 0 aliphatic carbocycles. The van der Waals surface area contributed by atoms with Crippen molar-refractivity contribution in [2.24, 2.45) is 0 Å². The van der Waals surface area contributed by atoms with Crippen molar-refractivity contribution >= 4 is 11.6 Å². The van der Waals surface area contributed by atoms with Crippen molar-refractivity contribution in [1.82, 2.24) is 20.1 Å². The fourth-order valence-electron chi connectivity index (χ4n) is 2.67. The van der Waals surface area contributed by atoms with E-state index in [0.717, 1.165) is 36.6 Å². The van der Waals surface area contributed by atoms with E-state index >= 15 is 0 Å². The van der Waals surface area contributed by atoms with Crippen molar-refractivity contribution in [3.05, 3.63) is 41.5 Å². The second-order valence-corrected chi connectivity index (χ2v) is 5.44. The van der Waals surface area contributed by atoms with Crippen LogP contribution in [0.1, 0.15) is 36.6 Å². The Morgan fingerprint density at radius 2 is 2.14 bits per heavy atom. The molecule has 2 heterocycles. The lowest BCUT2D eigenvalue weighted by molar-refractivity contribution is -0.121. The third-order valence-electron chi connectivity index (χ3n) is 3.75. The summed E-state index contributed by atoms with van der Waals surface area (Å²) in [7, 11) is 0. The van der Waals surface area contributed by atoms with Gasteiger partial charge in [-0.1, -0.05) is 12.1 Å². The molecule has 1 aliphatic rings. The van der Waals surface area contributed by atoms with E-state index in [1.54, 1.807) is 12.1 Å². The first-order valence-corrected chi connectivity index (χ1v) is 7.19. The van der Waals surface area contributed by atoms with Crippen LogP contribution in [0, 0.1) is 0 Å². The highest BCUT2D eigenvalue weighted by molar-refractivity contribution is 5.79. The van der Waals surface area contributed by atoms with Crippen LogP contribution >= 0.6 is 0 Å². The predicted octanol–water partition coefficient (Wildman–Crippen LogP) is 1.23. The lowest BCUT2D eigenvalue weighted by atomic mass is 10.1. The Balaban J connectivity index is 1.63. The highest BCUT2D eigenvalue weighted by atomic mass is 16.1.